The first-order valence-electron chi connectivity index (χ1n) is 7.47. The molecule has 1 aliphatic heterocycles. The second-order valence-corrected chi connectivity index (χ2v) is 5.55. The van der Waals surface area contributed by atoms with Crippen LogP contribution in [0.1, 0.15) is 25.3 Å². The van der Waals surface area contributed by atoms with Crippen LogP contribution in [0.5, 0.6) is 0 Å². The van der Waals surface area contributed by atoms with E-state index < -0.39 is 0 Å². The van der Waals surface area contributed by atoms with E-state index in [1.165, 1.54) is 18.4 Å². The quantitative estimate of drug-likeness (QED) is 0.868. The summed E-state index contributed by atoms with van der Waals surface area (Å²) in [5.41, 5.74) is 2.08. The van der Waals surface area contributed by atoms with Crippen LogP contribution in [0.3, 0.4) is 0 Å². The Morgan fingerprint density at radius 3 is 2.57 bits per heavy atom. The Bertz CT molecular complexity index is 482. The number of nitrogens with zero attached hydrogens (tertiary/aromatic N) is 1. The third kappa shape index (κ3) is 4.79. The van der Waals surface area contributed by atoms with Crippen LogP contribution in [0, 0.1) is 0 Å². The Kier molecular flexibility index (Phi) is 6.14. The second kappa shape index (κ2) is 8.10. The lowest BCUT2D eigenvalue weighted by Gasteiger charge is -2.28. The number of unbranched alkanes of at least 4 members (excludes halogenated alkanes) is 1. The predicted octanol–water partition coefficient (Wildman–Crippen LogP) is 2.63. The molecule has 0 saturated carbocycles. The third-order valence-electron chi connectivity index (χ3n) is 3.52. The predicted molar refractivity (Wildman–Crippen MR) is 88.7 cm³/mol. The highest BCUT2D eigenvalue weighted by atomic mass is 32.1. The van der Waals surface area contributed by atoms with E-state index in [1.807, 2.05) is 17.0 Å². The van der Waals surface area contributed by atoms with Gasteiger partial charge in [-0.15, -0.1) is 0 Å². The second-order valence-electron chi connectivity index (χ2n) is 5.16. The number of ether oxygens (including phenoxy) is 1. The summed E-state index contributed by atoms with van der Waals surface area (Å²) in [6, 6.07) is 7.99. The number of morpholine rings is 1. The minimum Gasteiger partial charge on any atom is -0.378 e. The van der Waals surface area contributed by atoms with Gasteiger partial charge in [-0.2, -0.15) is 0 Å². The van der Waals surface area contributed by atoms with Gasteiger partial charge in [0, 0.05) is 18.8 Å². The first-order valence-corrected chi connectivity index (χ1v) is 7.88. The van der Waals surface area contributed by atoms with E-state index in [0.29, 0.717) is 31.3 Å². The molecule has 1 aromatic rings. The topological polar surface area (TPSA) is 41.6 Å². The summed E-state index contributed by atoms with van der Waals surface area (Å²) in [7, 11) is 0. The van der Waals surface area contributed by atoms with E-state index in [4.69, 9.17) is 17.0 Å². The maximum atomic E-state index is 12.1. The lowest BCUT2D eigenvalue weighted by atomic mass is 10.1. The molecule has 0 spiro atoms. The van der Waals surface area contributed by atoms with E-state index >= 15 is 0 Å². The van der Waals surface area contributed by atoms with E-state index in [2.05, 4.69) is 24.4 Å². The Balaban J connectivity index is 1.88. The fourth-order valence-corrected chi connectivity index (χ4v) is 2.46. The molecule has 1 amide bonds. The zero-order chi connectivity index (χ0) is 15.1. The Labute approximate surface area is 131 Å². The largest absolute Gasteiger partial charge is 0.378 e. The highest BCUT2D eigenvalue weighted by molar-refractivity contribution is 7.82. The van der Waals surface area contributed by atoms with Gasteiger partial charge in [-0.3, -0.25) is 4.79 Å². The molecule has 2 rings (SSSR count). The molecule has 4 nitrogen and oxygen atoms in total. The van der Waals surface area contributed by atoms with Crippen molar-refractivity contribution in [2.75, 3.05) is 31.6 Å². The van der Waals surface area contributed by atoms with Gasteiger partial charge >= 0.3 is 0 Å². The van der Waals surface area contributed by atoms with Gasteiger partial charge < -0.3 is 15.0 Å². The van der Waals surface area contributed by atoms with Gasteiger partial charge in [0.15, 0.2) is 4.99 Å². The lowest BCUT2D eigenvalue weighted by Crippen LogP contribution is -2.44. The summed E-state index contributed by atoms with van der Waals surface area (Å²) in [6.07, 6.45) is 3.45. The molecule has 114 valence electrons. The van der Waals surface area contributed by atoms with Gasteiger partial charge in [0.25, 0.3) is 5.91 Å². The van der Waals surface area contributed by atoms with Crippen molar-refractivity contribution >= 4 is 28.8 Å². The normalized spacial score (nSPS) is 14.8. The SMILES string of the molecule is CCCCc1ccc(NC(=O)C(=S)N2CCOCC2)cc1. The third-order valence-corrected chi connectivity index (χ3v) is 3.97. The van der Waals surface area contributed by atoms with Crippen molar-refractivity contribution in [3.8, 4) is 0 Å². The molecule has 1 aliphatic rings. The molecule has 5 heteroatoms. The summed E-state index contributed by atoms with van der Waals surface area (Å²) in [5.74, 6) is -0.215. The number of hydrogen-bond donors (Lipinski definition) is 1. The molecule has 0 unspecified atom stereocenters. The van der Waals surface area contributed by atoms with Crippen molar-refractivity contribution in [3.63, 3.8) is 0 Å². The number of carbonyl (C=O) groups is 1. The minimum absolute atomic E-state index is 0.215. The molecule has 0 aliphatic carbocycles. The Hall–Kier alpha value is -1.46. The van der Waals surface area contributed by atoms with Gasteiger partial charge in [-0.1, -0.05) is 37.7 Å². The molecule has 1 saturated heterocycles. The monoisotopic (exact) mass is 306 g/mol. The maximum absolute atomic E-state index is 12.1. The Morgan fingerprint density at radius 1 is 1.29 bits per heavy atom. The Morgan fingerprint density at radius 2 is 1.95 bits per heavy atom. The fourth-order valence-electron chi connectivity index (χ4n) is 2.23. The lowest BCUT2D eigenvalue weighted by molar-refractivity contribution is -0.111. The number of rotatable bonds is 4. The van der Waals surface area contributed by atoms with Crippen molar-refractivity contribution in [1.82, 2.24) is 4.90 Å². The van der Waals surface area contributed by atoms with Crippen molar-refractivity contribution < 1.29 is 9.53 Å². The highest BCUT2D eigenvalue weighted by Gasteiger charge is 2.19. The van der Waals surface area contributed by atoms with Crippen LogP contribution in [-0.4, -0.2) is 42.1 Å². The van der Waals surface area contributed by atoms with Crippen molar-refractivity contribution in [2.45, 2.75) is 26.2 Å². The number of carbonyl (C=O) groups excluding carboxylic acids is 1. The number of amides is 1. The van der Waals surface area contributed by atoms with Crippen molar-refractivity contribution in [2.24, 2.45) is 0 Å². The standard InChI is InChI=1S/C16H22N2O2S/c1-2-3-4-13-5-7-14(8-6-13)17-15(19)16(21)18-9-11-20-12-10-18/h5-8H,2-4,9-12H2,1H3,(H,17,19). The number of aryl methyl sites for hydroxylation is 1. The molecule has 1 aromatic carbocycles. The van der Waals surface area contributed by atoms with Crippen LogP contribution in [-0.2, 0) is 16.0 Å². The zero-order valence-corrected chi connectivity index (χ0v) is 13.2. The molecule has 0 atom stereocenters. The average Bonchev–Trinajstić information content (AvgIpc) is 2.54. The fraction of sp³-hybridized carbons (Fsp3) is 0.500. The van der Waals surface area contributed by atoms with Crippen LogP contribution in [0.25, 0.3) is 0 Å². The van der Waals surface area contributed by atoms with Gasteiger partial charge in [0.1, 0.15) is 0 Å². The minimum atomic E-state index is -0.215. The first kappa shape index (κ1) is 15.9. The number of hydrogen-bond acceptors (Lipinski definition) is 3. The average molecular weight is 306 g/mol. The summed E-state index contributed by atoms with van der Waals surface area (Å²) in [6.45, 7) is 4.80. The summed E-state index contributed by atoms with van der Waals surface area (Å²) in [5, 5.41) is 2.86. The van der Waals surface area contributed by atoms with Crippen LogP contribution >= 0.6 is 12.2 Å². The van der Waals surface area contributed by atoms with Gasteiger partial charge in [0.2, 0.25) is 0 Å². The van der Waals surface area contributed by atoms with Crippen LogP contribution in [0.2, 0.25) is 0 Å². The van der Waals surface area contributed by atoms with Gasteiger partial charge in [0.05, 0.1) is 13.2 Å². The molecule has 0 radical (unpaired) electrons. The highest BCUT2D eigenvalue weighted by Crippen LogP contribution is 2.12. The maximum Gasteiger partial charge on any atom is 0.283 e. The van der Waals surface area contributed by atoms with E-state index in [1.54, 1.807) is 0 Å². The molecular weight excluding hydrogens is 284 g/mol. The van der Waals surface area contributed by atoms with E-state index in [9.17, 15) is 4.79 Å². The molecule has 21 heavy (non-hydrogen) atoms. The number of thiocarbonyl (C=S) groups is 1. The zero-order valence-electron chi connectivity index (χ0n) is 12.4. The summed E-state index contributed by atoms with van der Waals surface area (Å²) in [4.78, 5) is 14.4. The number of benzene rings is 1. The van der Waals surface area contributed by atoms with Crippen LogP contribution < -0.4 is 5.32 Å². The first-order chi connectivity index (χ1) is 10.2. The van der Waals surface area contributed by atoms with Gasteiger partial charge in [-0.05, 0) is 30.5 Å². The number of anilines is 1. The molecule has 0 bridgehead atoms. The molecule has 0 aromatic heterocycles. The smallest absolute Gasteiger partial charge is 0.283 e. The van der Waals surface area contributed by atoms with Crippen molar-refractivity contribution in [3.05, 3.63) is 29.8 Å². The van der Waals surface area contributed by atoms with Crippen LogP contribution in [0.15, 0.2) is 24.3 Å². The van der Waals surface area contributed by atoms with Gasteiger partial charge in [-0.25, -0.2) is 0 Å². The molecule has 1 N–H and O–H groups in total. The summed E-state index contributed by atoms with van der Waals surface area (Å²) < 4.78 is 5.26. The van der Waals surface area contributed by atoms with Crippen molar-refractivity contribution in [1.29, 1.82) is 0 Å². The number of nitrogens with one attached hydrogen (secondary N) is 1. The molecular formula is C16H22N2O2S. The summed E-state index contributed by atoms with van der Waals surface area (Å²) >= 11 is 5.24. The molecule has 1 heterocycles. The van der Waals surface area contributed by atoms with E-state index in [0.717, 1.165) is 12.1 Å². The van der Waals surface area contributed by atoms with E-state index in [-0.39, 0.29) is 5.91 Å². The molecule has 1 fully saturated rings. The van der Waals surface area contributed by atoms with Crippen LogP contribution in [0.4, 0.5) is 5.69 Å².